The van der Waals surface area contributed by atoms with E-state index >= 15 is 0 Å². The van der Waals surface area contributed by atoms with Gasteiger partial charge in [0.25, 0.3) is 5.91 Å². The van der Waals surface area contributed by atoms with Crippen molar-refractivity contribution >= 4 is 17.2 Å². The van der Waals surface area contributed by atoms with Crippen LogP contribution < -0.4 is 5.32 Å². The number of thiazole rings is 1. The third-order valence-electron chi connectivity index (χ3n) is 3.11. The molecule has 0 atom stereocenters. The first kappa shape index (κ1) is 14.7. The lowest BCUT2D eigenvalue weighted by molar-refractivity contribution is 0.0950. The third-order valence-corrected chi connectivity index (χ3v) is 4.41. The van der Waals surface area contributed by atoms with Gasteiger partial charge in [-0.05, 0) is 19.8 Å². The molecule has 0 saturated carbocycles. The molecule has 0 fully saturated rings. The molecule has 2 heterocycles. The highest BCUT2D eigenvalue weighted by Gasteiger charge is 2.14. The van der Waals surface area contributed by atoms with Crippen LogP contribution in [0.2, 0.25) is 0 Å². The summed E-state index contributed by atoms with van der Waals surface area (Å²) in [4.78, 5) is 17.8. The molecule has 0 aliphatic carbocycles. The van der Waals surface area contributed by atoms with Gasteiger partial charge in [0, 0.05) is 10.6 Å². The minimum absolute atomic E-state index is 0.0759. The predicted octanol–water partition coefficient (Wildman–Crippen LogP) is 2.62. The molecule has 0 spiro atoms. The van der Waals surface area contributed by atoms with Gasteiger partial charge in [-0.15, -0.1) is 11.3 Å². The number of carbonyl (C=O) groups excluding carboxylic acids is 1. The molecule has 0 saturated heterocycles. The molecule has 20 heavy (non-hydrogen) atoms. The van der Waals surface area contributed by atoms with E-state index in [4.69, 9.17) is 0 Å². The first-order valence-corrected chi connectivity index (χ1v) is 7.72. The maximum atomic E-state index is 12.2. The molecule has 2 aromatic heterocycles. The van der Waals surface area contributed by atoms with Gasteiger partial charge in [0.1, 0.15) is 0 Å². The van der Waals surface area contributed by atoms with Crippen LogP contribution in [0.15, 0.2) is 6.20 Å². The quantitative estimate of drug-likeness (QED) is 0.859. The molecule has 2 rings (SSSR count). The van der Waals surface area contributed by atoms with Crippen molar-refractivity contribution < 1.29 is 4.79 Å². The van der Waals surface area contributed by atoms with E-state index in [-0.39, 0.29) is 5.91 Å². The van der Waals surface area contributed by atoms with Crippen molar-refractivity contribution in [1.29, 1.82) is 0 Å². The summed E-state index contributed by atoms with van der Waals surface area (Å²) in [6.07, 6.45) is 4.35. The average molecular weight is 292 g/mol. The number of nitrogens with one attached hydrogen (secondary N) is 2. The number of nitrogens with zero attached hydrogens (tertiary/aromatic N) is 2. The van der Waals surface area contributed by atoms with E-state index in [0.717, 1.165) is 40.5 Å². The van der Waals surface area contributed by atoms with Crippen molar-refractivity contribution in [2.75, 3.05) is 0 Å². The molecule has 6 heteroatoms. The summed E-state index contributed by atoms with van der Waals surface area (Å²) in [7, 11) is 0. The second kappa shape index (κ2) is 6.65. The number of carbonyl (C=O) groups is 1. The highest BCUT2D eigenvalue weighted by Crippen LogP contribution is 2.18. The Kier molecular flexibility index (Phi) is 4.89. The largest absolute Gasteiger partial charge is 0.347 e. The van der Waals surface area contributed by atoms with Crippen molar-refractivity contribution in [2.24, 2.45) is 0 Å². The molecule has 2 aromatic rings. The Morgan fingerprint density at radius 3 is 2.90 bits per heavy atom. The van der Waals surface area contributed by atoms with Gasteiger partial charge in [-0.2, -0.15) is 5.10 Å². The van der Waals surface area contributed by atoms with E-state index in [1.807, 2.05) is 6.92 Å². The van der Waals surface area contributed by atoms with Crippen LogP contribution in [0.3, 0.4) is 0 Å². The smallest absolute Gasteiger partial charge is 0.255 e. The second-order valence-corrected chi connectivity index (χ2v) is 5.83. The Morgan fingerprint density at radius 2 is 2.25 bits per heavy atom. The summed E-state index contributed by atoms with van der Waals surface area (Å²) >= 11 is 1.66. The number of aromatic amines is 1. The minimum atomic E-state index is -0.0759. The number of hydrogen-bond acceptors (Lipinski definition) is 4. The first-order chi connectivity index (χ1) is 9.65. The Hall–Kier alpha value is -1.69. The number of amides is 1. The molecule has 0 unspecified atom stereocenters. The zero-order valence-corrected chi connectivity index (χ0v) is 12.9. The van der Waals surface area contributed by atoms with Crippen LogP contribution in [-0.4, -0.2) is 21.1 Å². The zero-order chi connectivity index (χ0) is 14.5. The maximum absolute atomic E-state index is 12.2. The summed E-state index contributed by atoms with van der Waals surface area (Å²) in [6.45, 7) is 6.68. The van der Waals surface area contributed by atoms with Gasteiger partial charge in [-0.25, -0.2) is 4.98 Å². The number of aromatic nitrogens is 3. The Labute approximate surface area is 122 Å². The molecule has 0 aromatic carbocycles. The lowest BCUT2D eigenvalue weighted by atomic mass is 10.1. The Bertz CT molecular complexity index is 588. The van der Waals surface area contributed by atoms with Gasteiger partial charge in [0.15, 0.2) is 0 Å². The summed E-state index contributed by atoms with van der Waals surface area (Å²) in [6, 6.07) is 0. The Balaban J connectivity index is 2.01. The Morgan fingerprint density at radius 1 is 1.45 bits per heavy atom. The first-order valence-electron chi connectivity index (χ1n) is 6.91. The third kappa shape index (κ3) is 3.25. The highest BCUT2D eigenvalue weighted by molar-refractivity contribution is 7.11. The van der Waals surface area contributed by atoms with E-state index < -0.39 is 0 Å². The molecule has 108 valence electrons. The minimum Gasteiger partial charge on any atom is -0.347 e. The normalized spacial score (nSPS) is 10.8. The van der Waals surface area contributed by atoms with Gasteiger partial charge < -0.3 is 5.32 Å². The van der Waals surface area contributed by atoms with Gasteiger partial charge in [-0.1, -0.05) is 20.3 Å². The van der Waals surface area contributed by atoms with Crippen LogP contribution in [0.5, 0.6) is 0 Å². The van der Waals surface area contributed by atoms with E-state index in [2.05, 4.69) is 34.3 Å². The van der Waals surface area contributed by atoms with E-state index in [0.29, 0.717) is 12.1 Å². The molecule has 0 aliphatic rings. The van der Waals surface area contributed by atoms with Crippen LogP contribution in [0.4, 0.5) is 0 Å². The molecule has 1 amide bonds. The molecule has 0 radical (unpaired) electrons. The molecule has 5 nitrogen and oxygen atoms in total. The summed E-state index contributed by atoms with van der Waals surface area (Å²) < 4.78 is 0. The van der Waals surface area contributed by atoms with Gasteiger partial charge in [-0.3, -0.25) is 9.89 Å². The summed E-state index contributed by atoms with van der Waals surface area (Å²) in [5.74, 6) is -0.0759. The fraction of sp³-hybridized carbons (Fsp3) is 0.500. The molecular formula is C14H20N4OS. The number of H-pyrrole nitrogens is 1. The lowest BCUT2D eigenvalue weighted by Gasteiger charge is -2.04. The molecular weight excluding hydrogens is 272 g/mol. The summed E-state index contributed by atoms with van der Waals surface area (Å²) in [5, 5.41) is 10.9. The monoisotopic (exact) mass is 292 g/mol. The van der Waals surface area contributed by atoms with Crippen molar-refractivity contribution in [1.82, 2.24) is 20.5 Å². The number of hydrogen-bond donors (Lipinski definition) is 2. The van der Waals surface area contributed by atoms with Crippen LogP contribution in [-0.2, 0) is 19.4 Å². The highest BCUT2D eigenvalue weighted by atomic mass is 32.1. The van der Waals surface area contributed by atoms with E-state index in [1.54, 1.807) is 17.5 Å². The van der Waals surface area contributed by atoms with Crippen LogP contribution in [0.25, 0.3) is 0 Å². The van der Waals surface area contributed by atoms with Crippen LogP contribution >= 0.6 is 11.3 Å². The predicted molar refractivity (Wildman–Crippen MR) is 80.0 cm³/mol. The van der Waals surface area contributed by atoms with Crippen molar-refractivity contribution in [3.8, 4) is 0 Å². The summed E-state index contributed by atoms with van der Waals surface area (Å²) in [5.41, 5.74) is 2.55. The maximum Gasteiger partial charge on any atom is 0.255 e. The lowest BCUT2D eigenvalue weighted by Crippen LogP contribution is -2.23. The topological polar surface area (TPSA) is 70.7 Å². The van der Waals surface area contributed by atoms with Crippen molar-refractivity contribution in [2.45, 2.75) is 46.6 Å². The van der Waals surface area contributed by atoms with Gasteiger partial charge in [0.2, 0.25) is 0 Å². The van der Waals surface area contributed by atoms with Gasteiger partial charge in [0.05, 0.1) is 29.0 Å². The standard InChI is InChI=1S/C14H20N4OS/c1-4-6-11-10(7-16-18-11)14(19)15-8-12-9(3)17-13(5-2)20-12/h7H,4-6,8H2,1-3H3,(H,15,19)(H,16,18). The zero-order valence-electron chi connectivity index (χ0n) is 12.1. The molecule has 0 aliphatic heterocycles. The second-order valence-electron chi connectivity index (χ2n) is 4.66. The fourth-order valence-electron chi connectivity index (χ4n) is 2.01. The number of aryl methyl sites for hydroxylation is 3. The SMILES string of the molecule is CCCc1[nH]ncc1C(=O)NCc1sc(CC)nc1C. The molecule has 2 N–H and O–H groups in total. The number of rotatable bonds is 6. The fourth-order valence-corrected chi connectivity index (χ4v) is 2.96. The van der Waals surface area contributed by atoms with Crippen molar-refractivity contribution in [3.05, 3.63) is 33.0 Å². The van der Waals surface area contributed by atoms with Crippen molar-refractivity contribution in [3.63, 3.8) is 0 Å². The van der Waals surface area contributed by atoms with E-state index in [9.17, 15) is 4.79 Å². The van der Waals surface area contributed by atoms with E-state index in [1.165, 1.54) is 0 Å². The van der Waals surface area contributed by atoms with Crippen LogP contribution in [0, 0.1) is 6.92 Å². The van der Waals surface area contributed by atoms with Crippen LogP contribution in [0.1, 0.15) is 51.9 Å². The molecule has 0 bridgehead atoms. The average Bonchev–Trinajstić information content (AvgIpc) is 3.03. The van der Waals surface area contributed by atoms with Gasteiger partial charge >= 0.3 is 0 Å².